The van der Waals surface area contributed by atoms with Gasteiger partial charge in [0.2, 0.25) is 5.91 Å². The molecule has 3 aromatic rings. The Balaban J connectivity index is 2.00. The van der Waals surface area contributed by atoms with Gasteiger partial charge in [0.1, 0.15) is 0 Å². The number of carbonyl (C=O) groups is 2. The summed E-state index contributed by atoms with van der Waals surface area (Å²) >= 11 is 0. The largest absolute Gasteiger partial charge is 0.366 e. The number of fused-ring (bicyclic) bond motifs is 1. The van der Waals surface area contributed by atoms with Crippen LogP contribution in [0.1, 0.15) is 47.0 Å². The fraction of sp³-hybridized carbons (Fsp3) is 0.238. The van der Waals surface area contributed by atoms with Crippen LogP contribution in [0.15, 0.2) is 53.3 Å². The molecular weight excluding hydrogens is 356 g/mol. The Labute approximate surface area is 162 Å². The fourth-order valence-corrected chi connectivity index (χ4v) is 3.01. The smallest absolute Gasteiger partial charge is 0.276 e. The normalized spacial score (nSPS) is 10.8. The molecule has 144 valence electrons. The summed E-state index contributed by atoms with van der Waals surface area (Å²) in [4.78, 5) is 36.9. The number of aryl methyl sites for hydroxylation is 1. The lowest BCUT2D eigenvalue weighted by Crippen LogP contribution is -2.27. The summed E-state index contributed by atoms with van der Waals surface area (Å²) in [6.07, 6.45) is 2.80. The molecule has 0 aliphatic carbocycles. The minimum atomic E-state index is -0.579. The second-order valence-electron chi connectivity index (χ2n) is 6.53. The van der Waals surface area contributed by atoms with E-state index in [0.717, 1.165) is 19.3 Å². The molecule has 0 radical (unpaired) electrons. The van der Waals surface area contributed by atoms with Gasteiger partial charge < -0.3 is 11.1 Å². The van der Waals surface area contributed by atoms with Crippen molar-refractivity contribution in [3.8, 4) is 0 Å². The molecule has 0 aliphatic rings. The summed E-state index contributed by atoms with van der Waals surface area (Å²) in [5.41, 5.74) is 5.96. The third-order valence-electron chi connectivity index (χ3n) is 4.46. The number of nitrogens with two attached hydrogens (primary N) is 1. The van der Waals surface area contributed by atoms with E-state index in [1.807, 2.05) is 0 Å². The number of amides is 2. The molecule has 3 rings (SSSR count). The van der Waals surface area contributed by atoms with Crippen LogP contribution in [0, 0.1) is 0 Å². The van der Waals surface area contributed by atoms with E-state index in [2.05, 4.69) is 17.3 Å². The molecule has 0 spiro atoms. The van der Waals surface area contributed by atoms with Crippen LogP contribution in [0.4, 0.5) is 5.69 Å². The predicted octanol–water partition coefficient (Wildman–Crippen LogP) is 2.94. The van der Waals surface area contributed by atoms with Crippen LogP contribution in [0.3, 0.4) is 0 Å². The first-order chi connectivity index (χ1) is 13.5. The lowest BCUT2D eigenvalue weighted by molar-refractivity contribution is 0.0995. The monoisotopic (exact) mass is 378 g/mol. The number of anilines is 1. The third kappa shape index (κ3) is 4.09. The number of hydrogen-bond donors (Lipinski definition) is 2. The number of carbonyl (C=O) groups excluding carboxylic acids is 2. The maximum atomic E-state index is 12.9. The molecule has 0 saturated heterocycles. The first kappa shape index (κ1) is 19.3. The van der Waals surface area contributed by atoms with Crippen LogP contribution in [0.5, 0.6) is 0 Å². The number of aromatic nitrogens is 2. The van der Waals surface area contributed by atoms with Crippen LogP contribution in [0.2, 0.25) is 0 Å². The van der Waals surface area contributed by atoms with Crippen molar-refractivity contribution in [1.82, 2.24) is 9.78 Å². The Hall–Kier alpha value is -3.48. The number of nitrogens with zero attached hydrogens (tertiary/aromatic N) is 2. The molecule has 2 amide bonds. The van der Waals surface area contributed by atoms with Gasteiger partial charge in [0.25, 0.3) is 11.5 Å². The van der Waals surface area contributed by atoms with Gasteiger partial charge in [0.05, 0.1) is 5.39 Å². The number of benzene rings is 2. The SMILES string of the molecule is CCCCCn1nc(C(=O)Nc2cccc(C(N)=O)c2)c2ccccc2c1=O. The maximum Gasteiger partial charge on any atom is 0.276 e. The van der Waals surface area contributed by atoms with Crippen LogP contribution in [-0.4, -0.2) is 21.6 Å². The van der Waals surface area contributed by atoms with Gasteiger partial charge in [-0.1, -0.05) is 44.0 Å². The topological polar surface area (TPSA) is 107 Å². The average Bonchev–Trinajstić information content (AvgIpc) is 2.70. The van der Waals surface area contributed by atoms with E-state index in [-0.39, 0.29) is 11.3 Å². The minimum absolute atomic E-state index is 0.163. The molecule has 0 unspecified atom stereocenters. The summed E-state index contributed by atoms with van der Waals surface area (Å²) in [6, 6.07) is 13.3. The number of primary amides is 1. The van der Waals surface area contributed by atoms with Gasteiger partial charge in [-0.2, -0.15) is 5.10 Å². The van der Waals surface area contributed by atoms with Crippen LogP contribution in [0.25, 0.3) is 10.8 Å². The molecule has 7 nitrogen and oxygen atoms in total. The zero-order valence-electron chi connectivity index (χ0n) is 15.6. The maximum absolute atomic E-state index is 12.9. The highest BCUT2D eigenvalue weighted by Crippen LogP contribution is 2.17. The molecule has 2 aromatic carbocycles. The van der Waals surface area contributed by atoms with E-state index in [9.17, 15) is 14.4 Å². The fourth-order valence-electron chi connectivity index (χ4n) is 3.01. The second kappa shape index (κ2) is 8.47. The minimum Gasteiger partial charge on any atom is -0.366 e. The van der Waals surface area contributed by atoms with Gasteiger partial charge in [-0.25, -0.2) is 4.68 Å². The summed E-state index contributed by atoms with van der Waals surface area (Å²) in [5, 5.41) is 8.00. The molecule has 7 heteroatoms. The van der Waals surface area contributed by atoms with Crippen molar-refractivity contribution in [2.45, 2.75) is 32.7 Å². The molecule has 0 saturated carbocycles. The molecule has 0 fully saturated rings. The molecule has 1 heterocycles. The highest BCUT2D eigenvalue weighted by molar-refractivity contribution is 6.11. The van der Waals surface area contributed by atoms with E-state index in [1.54, 1.807) is 42.5 Å². The second-order valence-corrected chi connectivity index (χ2v) is 6.53. The van der Waals surface area contributed by atoms with Crippen molar-refractivity contribution in [3.05, 3.63) is 70.1 Å². The summed E-state index contributed by atoms with van der Waals surface area (Å²) in [7, 11) is 0. The van der Waals surface area contributed by atoms with E-state index in [1.165, 1.54) is 10.7 Å². The van der Waals surface area contributed by atoms with Gasteiger partial charge in [-0.15, -0.1) is 0 Å². The Bertz CT molecular complexity index is 1090. The first-order valence-corrected chi connectivity index (χ1v) is 9.22. The van der Waals surface area contributed by atoms with Crippen molar-refractivity contribution >= 4 is 28.3 Å². The van der Waals surface area contributed by atoms with Gasteiger partial charge in [0, 0.05) is 23.2 Å². The molecular formula is C21H22N4O3. The van der Waals surface area contributed by atoms with E-state index >= 15 is 0 Å². The van der Waals surface area contributed by atoms with Gasteiger partial charge in [0.15, 0.2) is 5.69 Å². The number of hydrogen-bond acceptors (Lipinski definition) is 4. The van der Waals surface area contributed by atoms with Crippen LogP contribution >= 0.6 is 0 Å². The average molecular weight is 378 g/mol. The molecule has 0 aliphatic heterocycles. The number of unbranched alkanes of at least 4 members (excludes halogenated alkanes) is 2. The van der Waals surface area contributed by atoms with Crippen molar-refractivity contribution in [3.63, 3.8) is 0 Å². The summed E-state index contributed by atoms with van der Waals surface area (Å²) in [5.74, 6) is -1.04. The van der Waals surface area contributed by atoms with Gasteiger partial charge >= 0.3 is 0 Å². The predicted molar refractivity (Wildman–Crippen MR) is 108 cm³/mol. The molecule has 0 bridgehead atoms. The first-order valence-electron chi connectivity index (χ1n) is 9.22. The molecule has 28 heavy (non-hydrogen) atoms. The summed E-state index contributed by atoms with van der Waals surface area (Å²) < 4.78 is 1.35. The van der Waals surface area contributed by atoms with Crippen molar-refractivity contribution < 1.29 is 9.59 Å². The number of rotatable bonds is 7. The molecule has 1 aromatic heterocycles. The Kier molecular flexibility index (Phi) is 5.84. The van der Waals surface area contributed by atoms with E-state index in [0.29, 0.717) is 28.6 Å². The highest BCUT2D eigenvalue weighted by Gasteiger charge is 2.17. The van der Waals surface area contributed by atoms with Crippen LogP contribution < -0.4 is 16.6 Å². The zero-order valence-corrected chi connectivity index (χ0v) is 15.6. The van der Waals surface area contributed by atoms with Crippen molar-refractivity contribution in [1.29, 1.82) is 0 Å². The summed E-state index contributed by atoms with van der Waals surface area (Å²) in [6.45, 7) is 2.53. The third-order valence-corrected chi connectivity index (χ3v) is 4.46. The van der Waals surface area contributed by atoms with E-state index in [4.69, 9.17) is 5.73 Å². The lowest BCUT2D eigenvalue weighted by atomic mass is 10.1. The number of nitrogens with one attached hydrogen (secondary N) is 1. The zero-order chi connectivity index (χ0) is 20.1. The van der Waals surface area contributed by atoms with Crippen LogP contribution in [-0.2, 0) is 6.54 Å². The molecule has 3 N–H and O–H groups in total. The quantitative estimate of drug-likeness (QED) is 0.616. The van der Waals surface area contributed by atoms with Crippen molar-refractivity contribution in [2.75, 3.05) is 5.32 Å². The van der Waals surface area contributed by atoms with Gasteiger partial charge in [-0.3, -0.25) is 14.4 Å². The van der Waals surface area contributed by atoms with Gasteiger partial charge in [-0.05, 0) is 30.7 Å². The lowest BCUT2D eigenvalue weighted by Gasteiger charge is -2.11. The molecule has 0 atom stereocenters. The Morgan fingerprint density at radius 3 is 2.54 bits per heavy atom. The highest BCUT2D eigenvalue weighted by atomic mass is 16.2. The Morgan fingerprint density at radius 2 is 1.82 bits per heavy atom. The van der Waals surface area contributed by atoms with E-state index < -0.39 is 11.8 Å². The Morgan fingerprint density at radius 1 is 1.07 bits per heavy atom. The van der Waals surface area contributed by atoms with Crippen molar-refractivity contribution in [2.24, 2.45) is 5.73 Å². The standard InChI is InChI=1S/C21H22N4O3/c1-2-3-6-12-25-21(28)17-11-5-4-10-16(17)18(24-25)20(27)23-15-9-7-8-14(13-15)19(22)26/h4-5,7-11,13H,2-3,6,12H2,1H3,(H2,22,26)(H,23,27).